The van der Waals surface area contributed by atoms with E-state index in [9.17, 15) is 8.78 Å². The summed E-state index contributed by atoms with van der Waals surface area (Å²) in [6.45, 7) is 3.85. The number of hydrogen-bond acceptors (Lipinski definition) is 2. The largest absolute Gasteiger partial charge is 0.395 e. The van der Waals surface area contributed by atoms with E-state index in [0.717, 1.165) is 37.9 Å². The predicted molar refractivity (Wildman–Crippen MR) is 70.6 cm³/mol. The minimum absolute atomic E-state index is 0.0605. The molecule has 0 unspecified atom stereocenters. The summed E-state index contributed by atoms with van der Waals surface area (Å²) in [5.74, 6) is -0.487. The molecule has 18 heavy (non-hydrogen) atoms. The van der Waals surface area contributed by atoms with E-state index in [1.807, 2.05) is 4.90 Å². The monoisotopic (exact) mass is 254 g/mol. The van der Waals surface area contributed by atoms with Crippen molar-refractivity contribution >= 4 is 11.4 Å². The van der Waals surface area contributed by atoms with Gasteiger partial charge < -0.3 is 10.6 Å². The van der Waals surface area contributed by atoms with Gasteiger partial charge in [-0.05, 0) is 24.8 Å². The Bertz CT molecular complexity index is 413. The Morgan fingerprint density at radius 2 is 1.94 bits per heavy atom. The molecule has 0 saturated carbocycles. The van der Waals surface area contributed by atoms with Gasteiger partial charge in [-0.25, -0.2) is 8.78 Å². The van der Waals surface area contributed by atoms with Gasteiger partial charge in [0.05, 0.1) is 11.4 Å². The van der Waals surface area contributed by atoms with Gasteiger partial charge in [-0.15, -0.1) is 0 Å². The molecule has 2 N–H and O–H groups in total. The SMILES string of the molecule is CCCC1CCN(c2cc(F)cc(F)c2N)CC1. The molecule has 1 fully saturated rings. The molecule has 100 valence electrons. The zero-order valence-corrected chi connectivity index (χ0v) is 10.8. The first-order valence-electron chi connectivity index (χ1n) is 6.61. The molecule has 0 amide bonds. The molecular weight excluding hydrogens is 234 g/mol. The van der Waals surface area contributed by atoms with Crippen LogP contribution in [-0.2, 0) is 0 Å². The molecule has 0 radical (unpaired) electrons. The van der Waals surface area contributed by atoms with Gasteiger partial charge in [-0.3, -0.25) is 0 Å². The zero-order valence-electron chi connectivity index (χ0n) is 10.8. The van der Waals surface area contributed by atoms with Crippen molar-refractivity contribution in [3.05, 3.63) is 23.8 Å². The lowest BCUT2D eigenvalue weighted by molar-refractivity contribution is 0.378. The summed E-state index contributed by atoms with van der Waals surface area (Å²) in [7, 11) is 0. The molecule has 1 aliphatic heterocycles. The first kappa shape index (κ1) is 13.1. The van der Waals surface area contributed by atoms with Crippen LogP contribution in [0.5, 0.6) is 0 Å². The molecule has 1 heterocycles. The van der Waals surface area contributed by atoms with Crippen molar-refractivity contribution in [1.29, 1.82) is 0 Å². The number of anilines is 2. The molecular formula is C14H20F2N2. The Kier molecular flexibility index (Phi) is 4.04. The fourth-order valence-corrected chi connectivity index (χ4v) is 2.70. The average Bonchev–Trinajstić information content (AvgIpc) is 2.35. The van der Waals surface area contributed by atoms with Crippen molar-refractivity contribution in [2.24, 2.45) is 5.92 Å². The van der Waals surface area contributed by atoms with Crippen LogP contribution in [0.2, 0.25) is 0 Å². The van der Waals surface area contributed by atoms with E-state index in [0.29, 0.717) is 5.69 Å². The summed E-state index contributed by atoms with van der Waals surface area (Å²) in [5.41, 5.74) is 6.26. The summed E-state index contributed by atoms with van der Waals surface area (Å²) in [6, 6.07) is 2.17. The number of nitrogen functional groups attached to an aromatic ring is 1. The molecule has 0 spiro atoms. The van der Waals surface area contributed by atoms with Crippen LogP contribution in [0, 0.1) is 17.6 Å². The summed E-state index contributed by atoms with van der Waals surface area (Å²) < 4.78 is 26.6. The molecule has 2 rings (SSSR count). The van der Waals surface area contributed by atoms with Gasteiger partial charge in [-0.2, -0.15) is 0 Å². The Balaban J connectivity index is 2.10. The highest BCUT2D eigenvalue weighted by Crippen LogP contribution is 2.31. The first-order valence-corrected chi connectivity index (χ1v) is 6.61. The van der Waals surface area contributed by atoms with Gasteiger partial charge >= 0.3 is 0 Å². The third-order valence-corrected chi connectivity index (χ3v) is 3.72. The highest BCUT2D eigenvalue weighted by Gasteiger charge is 2.21. The van der Waals surface area contributed by atoms with E-state index in [1.165, 1.54) is 18.9 Å². The number of piperidine rings is 1. The first-order chi connectivity index (χ1) is 8.61. The van der Waals surface area contributed by atoms with Gasteiger partial charge in [0.15, 0.2) is 5.82 Å². The second-order valence-electron chi connectivity index (χ2n) is 5.04. The second kappa shape index (κ2) is 5.55. The Labute approximate surface area is 107 Å². The summed E-state index contributed by atoms with van der Waals surface area (Å²) in [6.07, 6.45) is 4.58. The van der Waals surface area contributed by atoms with Gasteiger partial charge in [0.1, 0.15) is 5.82 Å². The summed E-state index contributed by atoms with van der Waals surface area (Å²) >= 11 is 0. The molecule has 0 aromatic heterocycles. The molecule has 1 aliphatic rings. The molecule has 0 aliphatic carbocycles. The summed E-state index contributed by atoms with van der Waals surface area (Å²) in [4.78, 5) is 1.99. The lowest BCUT2D eigenvalue weighted by atomic mass is 9.92. The Hall–Kier alpha value is -1.32. The van der Waals surface area contributed by atoms with Gasteiger partial charge in [0.2, 0.25) is 0 Å². The molecule has 1 saturated heterocycles. The van der Waals surface area contributed by atoms with Crippen LogP contribution in [-0.4, -0.2) is 13.1 Å². The molecule has 1 aromatic carbocycles. The number of nitrogens with two attached hydrogens (primary N) is 1. The topological polar surface area (TPSA) is 29.3 Å². The Morgan fingerprint density at radius 1 is 1.28 bits per heavy atom. The van der Waals surface area contributed by atoms with Crippen LogP contribution in [0.1, 0.15) is 32.6 Å². The van der Waals surface area contributed by atoms with E-state index in [2.05, 4.69) is 6.92 Å². The fourth-order valence-electron chi connectivity index (χ4n) is 2.70. The maximum absolute atomic E-state index is 13.4. The smallest absolute Gasteiger partial charge is 0.151 e. The summed E-state index contributed by atoms with van der Waals surface area (Å²) in [5, 5.41) is 0. The van der Waals surface area contributed by atoms with Crippen LogP contribution in [0.3, 0.4) is 0 Å². The minimum atomic E-state index is -0.666. The van der Waals surface area contributed by atoms with Gasteiger partial charge in [0.25, 0.3) is 0 Å². The van der Waals surface area contributed by atoms with E-state index in [1.54, 1.807) is 0 Å². The van der Waals surface area contributed by atoms with Crippen molar-refractivity contribution in [1.82, 2.24) is 0 Å². The number of hydrogen-bond donors (Lipinski definition) is 1. The van der Waals surface area contributed by atoms with Crippen molar-refractivity contribution in [2.45, 2.75) is 32.6 Å². The lowest BCUT2D eigenvalue weighted by Gasteiger charge is -2.34. The zero-order chi connectivity index (χ0) is 13.1. The average molecular weight is 254 g/mol. The molecule has 4 heteroatoms. The number of halogens is 2. The second-order valence-corrected chi connectivity index (χ2v) is 5.04. The maximum Gasteiger partial charge on any atom is 0.151 e. The van der Waals surface area contributed by atoms with Crippen molar-refractivity contribution in [2.75, 3.05) is 23.7 Å². The Morgan fingerprint density at radius 3 is 2.56 bits per heavy atom. The lowest BCUT2D eigenvalue weighted by Crippen LogP contribution is -2.34. The van der Waals surface area contributed by atoms with Crippen molar-refractivity contribution in [3.8, 4) is 0 Å². The van der Waals surface area contributed by atoms with E-state index in [-0.39, 0.29) is 5.69 Å². The highest BCUT2D eigenvalue weighted by molar-refractivity contribution is 5.68. The van der Waals surface area contributed by atoms with Crippen LogP contribution in [0.25, 0.3) is 0 Å². The number of benzene rings is 1. The van der Waals surface area contributed by atoms with Crippen LogP contribution in [0.4, 0.5) is 20.2 Å². The fraction of sp³-hybridized carbons (Fsp3) is 0.571. The predicted octanol–water partition coefficient (Wildman–Crippen LogP) is 3.56. The number of nitrogens with zero attached hydrogens (tertiary/aromatic N) is 1. The van der Waals surface area contributed by atoms with Crippen LogP contribution < -0.4 is 10.6 Å². The van der Waals surface area contributed by atoms with Crippen LogP contribution in [0.15, 0.2) is 12.1 Å². The van der Waals surface area contributed by atoms with E-state index >= 15 is 0 Å². The molecule has 0 atom stereocenters. The number of rotatable bonds is 3. The van der Waals surface area contributed by atoms with Crippen molar-refractivity contribution in [3.63, 3.8) is 0 Å². The molecule has 0 bridgehead atoms. The van der Waals surface area contributed by atoms with E-state index < -0.39 is 11.6 Å². The minimum Gasteiger partial charge on any atom is -0.395 e. The normalized spacial score (nSPS) is 17.2. The molecule has 1 aromatic rings. The van der Waals surface area contributed by atoms with E-state index in [4.69, 9.17) is 5.73 Å². The third kappa shape index (κ3) is 2.74. The standard InChI is InChI=1S/C14H20F2N2/c1-2-3-10-4-6-18(7-5-10)13-9-11(15)8-12(16)14(13)17/h8-10H,2-7,17H2,1H3. The van der Waals surface area contributed by atoms with Crippen LogP contribution >= 0.6 is 0 Å². The highest BCUT2D eigenvalue weighted by atomic mass is 19.1. The van der Waals surface area contributed by atoms with Gasteiger partial charge in [-0.1, -0.05) is 19.8 Å². The van der Waals surface area contributed by atoms with Gasteiger partial charge in [0, 0.05) is 19.2 Å². The van der Waals surface area contributed by atoms with Crippen molar-refractivity contribution < 1.29 is 8.78 Å². The quantitative estimate of drug-likeness (QED) is 0.836. The maximum atomic E-state index is 13.4. The third-order valence-electron chi connectivity index (χ3n) is 3.72. The molecule has 2 nitrogen and oxygen atoms in total.